The Morgan fingerprint density at radius 2 is 2.31 bits per heavy atom. The minimum atomic E-state index is -0.405. The van der Waals surface area contributed by atoms with Gasteiger partial charge in [-0.15, -0.1) is 0 Å². The highest BCUT2D eigenvalue weighted by molar-refractivity contribution is 5.45. The topological polar surface area (TPSA) is 52.4 Å². The van der Waals surface area contributed by atoms with E-state index in [-0.39, 0.29) is 5.69 Å². The van der Waals surface area contributed by atoms with Gasteiger partial charge in [0, 0.05) is 6.07 Å². The van der Waals surface area contributed by atoms with Crippen molar-refractivity contribution in [3.8, 4) is 5.75 Å². The van der Waals surface area contributed by atoms with Crippen LogP contribution in [0.1, 0.15) is 12.0 Å². The highest BCUT2D eigenvalue weighted by Crippen LogP contribution is 2.28. The molecule has 0 aromatic heterocycles. The van der Waals surface area contributed by atoms with E-state index in [0.717, 1.165) is 18.4 Å². The monoisotopic (exact) mass is 179 g/mol. The molecule has 1 aromatic carbocycles. The first kappa shape index (κ1) is 8.04. The molecule has 0 aliphatic carbocycles. The third-order valence-corrected chi connectivity index (χ3v) is 2.11. The molecular formula is C9H9NO3. The van der Waals surface area contributed by atoms with Gasteiger partial charge >= 0.3 is 0 Å². The normalized spacial score (nSPS) is 14.5. The van der Waals surface area contributed by atoms with Crippen molar-refractivity contribution in [1.29, 1.82) is 0 Å². The third-order valence-electron chi connectivity index (χ3n) is 2.11. The molecule has 0 N–H and O–H groups in total. The van der Waals surface area contributed by atoms with Crippen LogP contribution in [0.25, 0.3) is 0 Å². The summed E-state index contributed by atoms with van der Waals surface area (Å²) in [5.41, 5.74) is 1.16. The fraction of sp³-hybridized carbons (Fsp3) is 0.333. The van der Waals surface area contributed by atoms with Crippen molar-refractivity contribution in [3.05, 3.63) is 33.9 Å². The maximum absolute atomic E-state index is 10.4. The van der Waals surface area contributed by atoms with Crippen LogP contribution in [0.2, 0.25) is 0 Å². The summed E-state index contributed by atoms with van der Waals surface area (Å²) in [6.45, 7) is 0.661. The van der Waals surface area contributed by atoms with Gasteiger partial charge in [0.1, 0.15) is 5.75 Å². The fourth-order valence-electron chi connectivity index (χ4n) is 1.44. The molecule has 1 aromatic rings. The number of nitro benzene ring substituents is 1. The standard InChI is InChI=1S/C9H9NO3/c11-10(12)8-4-3-7-2-1-5-13-9(7)6-8/h3-4,6H,1-2,5H2. The van der Waals surface area contributed by atoms with Crippen LogP contribution in [-0.2, 0) is 6.42 Å². The number of aryl methyl sites for hydroxylation is 1. The van der Waals surface area contributed by atoms with Crippen molar-refractivity contribution in [2.45, 2.75) is 12.8 Å². The quantitative estimate of drug-likeness (QED) is 0.488. The van der Waals surface area contributed by atoms with Crippen LogP contribution in [0.5, 0.6) is 5.75 Å². The number of rotatable bonds is 1. The number of fused-ring (bicyclic) bond motifs is 1. The Kier molecular flexibility index (Phi) is 1.88. The predicted molar refractivity (Wildman–Crippen MR) is 46.9 cm³/mol. The number of nitrogens with zero attached hydrogens (tertiary/aromatic N) is 1. The Balaban J connectivity index is 2.40. The van der Waals surface area contributed by atoms with E-state index in [9.17, 15) is 10.1 Å². The van der Waals surface area contributed by atoms with E-state index in [0.29, 0.717) is 12.4 Å². The molecule has 0 atom stereocenters. The fourth-order valence-corrected chi connectivity index (χ4v) is 1.44. The number of benzene rings is 1. The Morgan fingerprint density at radius 3 is 3.08 bits per heavy atom. The van der Waals surface area contributed by atoms with Gasteiger partial charge in [0.25, 0.3) is 5.69 Å². The molecule has 0 unspecified atom stereocenters. The lowest BCUT2D eigenvalue weighted by Gasteiger charge is -2.15. The summed E-state index contributed by atoms with van der Waals surface area (Å²) in [5, 5.41) is 10.4. The maximum Gasteiger partial charge on any atom is 0.273 e. The molecule has 2 rings (SSSR count). The van der Waals surface area contributed by atoms with E-state index in [1.807, 2.05) is 0 Å². The Morgan fingerprint density at radius 1 is 1.46 bits per heavy atom. The third kappa shape index (κ3) is 1.47. The lowest BCUT2D eigenvalue weighted by atomic mass is 10.1. The molecular weight excluding hydrogens is 170 g/mol. The van der Waals surface area contributed by atoms with E-state index in [1.54, 1.807) is 6.07 Å². The second kappa shape index (κ2) is 3.05. The summed E-state index contributed by atoms with van der Waals surface area (Å²) in [6.07, 6.45) is 1.94. The van der Waals surface area contributed by atoms with Gasteiger partial charge in [-0.1, -0.05) is 0 Å². The summed E-state index contributed by atoms with van der Waals surface area (Å²) >= 11 is 0. The number of ether oxygens (including phenoxy) is 1. The summed E-state index contributed by atoms with van der Waals surface area (Å²) in [4.78, 5) is 10.0. The maximum atomic E-state index is 10.4. The second-order valence-corrected chi connectivity index (χ2v) is 3.00. The van der Waals surface area contributed by atoms with Gasteiger partial charge in [-0.2, -0.15) is 0 Å². The summed E-state index contributed by atoms with van der Waals surface area (Å²) < 4.78 is 5.31. The zero-order valence-corrected chi connectivity index (χ0v) is 7.03. The average Bonchev–Trinajstić information content (AvgIpc) is 2.17. The number of hydrogen-bond acceptors (Lipinski definition) is 3. The van der Waals surface area contributed by atoms with Gasteiger partial charge in [-0.25, -0.2) is 0 Å². The first-order valence-electron chi connectivity index (χ1n) is 4.17. The SMILES string of the molecule is O=[N+]([O-])c1ccc2c(c1)OCCC2. The largest absolute Gasteiger partial charge is 0.493 e. The smallest absolute Gasteiger partial charge is 0.273 e. The number of hydrogen-bond donors (Lipinski definition) is 0. The molecule has 0 saturated heterocycles. The number of non-ortho nitro benzene ring substituents is 1. The van der Waals surface area contributed by atoms with Gasteiger partial charge in [0.2, 0.25) is 0 Å². The molecule has 0 radical (unpaired) electrons. The molecule has 0 saturated carbocycles. The van der Waals surface area contributed by atoms with Crippen LogP contribution in [0, 0.1) is 10.1 Å². The molecule has 68 valence electrons. The molecule has 0 fully saturated rings. The van der Waals surface area contributed by atoms with Crippen LogP contribution in [-0.4, -0.2) is 11.5 Å². The summed E-state index contributed by atoms with van der Waals surface area (Å²) in [5.74, 6) is 0.667. The minimum absolute atomic E-state index is 0.0978. The van der Waals surface area contributed by atoms with Crippen molar-refractivity contribution in [2.24, 2.45) is 0 Å². The second-order valence-electron chi connectivity index (χ2n) is 3.00. The number of nitro groups is 1. The predicted octanol–water partition coefficient (Wildman–Crippen LogP) is 1.92. The van der Waals surface area contributed by atoms with Crippen LogP contribution < -0.4 is 4.74 Å². The van der Waals surface area contributed by atoms with E-state index >= 15 is 0 Å². The van der Waals surface area contributed by atoms with Crippen LogP contribution in [0.4, 0.5) is 5.69 Å². The molecule has 0 amide bonds. The van der Waals surface area contributed by atoms with E-state index < -0.39 is 4.92 Å². The molecule has 0 spiro atoms. The van der Waals surface area contributed by atoms with Crippen molar-refractivity contribution in [2.75, 3.05) is 6.61 Å². The lowest BCUT2D eigenvalue weighted by molar-refractivity contribution is -0.385. The van der Waals surface area contributed by atoms with E-state index in [2.05, 4.69) is 0 Å². The van der Waals surface area contributed by atoms with Crippen molar-refractivity contribution in [1.82, 2.24) is 0 Å². The first-order chi connectivity index (χ1) is 6.27. The van der Waals surface area contributed by atoms with Gasteiger partial charge < -0.3 is 4.74 Å². The summed E-state index contributed by atoms with van der Waals surface area (Å²) in [7, 11) is 0. The van der Waals surface area contributed by atoms with Gasteiger partial charge in [0.05, 0.1) is 17.6 Å². The van der Waals surface area contributed by atoms with E-state index in [1.165, 1.54) is 12.1 Å². The molecule has 13 heavy (non-hydrogen) atoms. The summed E-state index contributed by atoms with van der Waals surface area (Å²) in [6, 6.07) is 4.79. The molecule has 1 aliphatic rings. The molecule has 1 heterocycles. The zero-order chi connectivity index (χ0) is 9.26. The van der Waals surface area contributed by atoms with E-state index in [4.69, 9.17) is 4.74 Å². The molecule has 4 heteroatoms. The Labute approximate surface area is 75.3 Å². The Hall–Kier alpha value is -1.58. The van der Waals surface area contributed by atoms with Gasteiger partial charge in [-0.3, -0.25) is 10.1 Å². The Bertz CT molecular complexity index is 349. The van der Waals surface area contributed by atoms with Crippen molar-refractivity contribution in [3.63, 3.8) is 0 Å². The highest BCUT2D eigenvalue weighted by Gasteiger charge is 2.14. The van der Waals surface area contributed by atoms with Crippen molar-refractivity contribution >= 4 is 5.69 Å². The molecule has 4 nitrogen and oxygen atoms in total. The average molecular weight is 179 g/mol. The van der Waals surface area contributed by atoms with Crippen molar-refractivity contribution < 1.29 is 9.66 Å². The molecule has 0 bridgehead atoms. The lowest BCUT2D eigenvalue weighted by Crippen LogP contribution is -2.08. The van der Waals surface area contributed by atoms with Gasteiger partial charge in [0.15, 0.2) is 0 Å². The first-order valence-corrected chi connectivity index (χ1v) is 4.17. The minimum Gasteiger partial charge on any atom is -0.493 e. The van der Waals surface area contributed by atoms with Crippen LogP contribution in [0.3, 0.4) is 0 Å². The van der Waals surface area contributed by atoms with Crippen LogP contribution in [0.15, 0.2) is 18.2 Å². The van der Waals surface area contributed by atoms with Crippen LogP contribution >= 0.6 is 0 Å². The van der Waals surface area contributed by atoms with Gasteiger partial charge in [-0.05, 0) is 24.5 Å². The highest BCUT2D eigenvalue weighted by atomic mass is 16.6. The zero-order valence-electron chi connectivity index (χ0n) is 7.03. The molecule has 1 aliphatic heterocycles.